The molecule has 0 saturated heterocycles. The number of hydrogen-bond donors (Lipinski definition) is 2. The molecular weight excluding hydrogens is 342 g/mol. The Balaban J connectivity index is 2.90. The van der Waals surface area contributed by atoms with Crippen LogP contribution in [0.5, 0.6) is 0 Å². The van der Waals surface area contributed by atoms with Crippen molar-refractivity contribution in [3.63, 3.8) is 0 Å². The highest BCUT2D eigenvalue weighted by molar-refractivity contribution is 7.92. The molecule has 1 aromatic carbocycles. The highest BCUT2D eigenvalue weighted by Gasteiger charge is 2.33. The molecule has 0 radical (unpaired) electrons. The third-order valence-electron chi connectivity index (χ3n) is 3.65. The van der Waals surface area contributed by atoms with E-state index in [1.54, 1.807) is 18.2 Å². The van der Waals surface area contributed by atoms with Gasteiger partial charge in [0.15, 0.2) is 9.84 Å². The minimum atomic E-state index is -3.96. The van der Waals surface area contributed by atoms with E-state index in [0.29, 0.717) is 5.56 Å². The van der Waals surface area contributed by atoms with Gasteiger partial charge < -0.3 is 5.11 Å². The molecule has 0 amide bonds. The lowest BCUT2D eigenvalue weighted by molar-refractivity contribution is -0.139. The second-order valence-corrected chi connectivity index (χ2v) is 10.4. The Morgan fingerprint density at radius 3 is 2.13 bits per heavy atom. The first-order valence-electron chi connectivity index (χ1n) is 6.83. The maximum atomic E-state index is 12.1. The van der Waals surface area contributed by atoms with Crippen LogP contribution in [0.3, 0.4) is 0 Å². The summed E-state index contributed by atoms with van der Waals surface area (Å²) in [4.78, 5) is 11.3. The Bertz CT molecular complexity index is 754. The number of aliphatic carboxylic acids is 1. The Kier molecular flexibility index (Phi) is 5.95. The van der Waals surface area contributed by atoms with E-state index >= 15 is 0 Å². The molecule has 130 valence electrons. The van der Waals surface area contributed by atoms with Crippen molar-refractivity contribution in [1.29, 1.82) is 0 Å². The minimum absolute atomic E-state index is 0.137. The third kappa shape index (κ3) is 5.60. The van der Waals surface area contributed by atoms with Crippen molar-refractivity contribution >= 4 is 25.8 Å². The van der Waals surface area contributed by atoms with Gasteiger partial charge >= 0.3 is 5.97 Å². The third-order valence-corrected chi connectivity index (χ3v) is 7.20. The highest BCUT2D eigenvalue weighted by atomic mass is 32.2. The second-order valence-electron chi connectivity index (χ2n) is 5.90. The summed E-state index contributed by atoms with van der Waals surface area (Å²) in [5.41, 5.74) is 0.297. The summed E-state index contributed by atoms with van der Waals surface area (Å²) in [5, 5.41) is 9.22. The molecule has 0 bridgehead atoms. The van der Waals surface area contributed by atoms with Crippen LogP contribution in [0.15, 0.2) is 30.3 Å². The summed E-state index contributed by atoms with van der Waals surface area (Å²) in [6, 6.07) is 6.48. The molecule has 9 heteroatoms. The van der Waals surface area contributed by atoms with Gasteiger partial charge in [0.2, 0.25) is 10.0 Å². The number of nitrogens with one attached hydrogen (secondary N) is 1. The van der Waals surface area contributed by atoms with Crippen molar-refractivity contribution in [3.05, 3.63) is 35.9 Å². The Morgan fingerprint density at radius 2 is 1.70 bits per heavy atom. The fourth-order valence-electron chi connectivity index (χ4n) is 1.71. The van der Waals surface area contributed by atoms with Gasteiger partial charge in [0.25, 0.3) is 0 Å². The number of rotatable bonds is 8. The fourth-order valence-corrected chi connectivity index (χ4v) is 3.81. The van der Waals surface area contributed by atoms with Gasteiger partial charge in [-0.05, 0) is 25.8 Å². The molecule has 0 saturated carbocycles. The molecule has 0 aliphatic carbocycles. The van der Waals surface area contributed by atoms with Crippen molar-refractivity contribution < 1.29 is 26.7 Å². The fraction of sp³-hybridized carbons (Fsp3) is 0.500. The first kappa shape index (κ1) is 19.6. The van der Waals surface area contributed by atoms with Crippen LogP contribution in [0.4, 0.5) is 0 Å². The predicted octanol–water partition coefficient (Wildman–Crippen LogP) is 0.945. The number of benzene rings is 1. The van der Waals surface area contributed by atoms with Gasteiger partial charge in [0, 0.05) is 6.26 Å². The molecule has 0 spiro atoms. The lowest BCUT2D eigenvalue weighted by atomic mass is 10.1. The zero-order chi connectivity index (χ0) is 17.9. The van der Waals surface area contributed by atoms with Gasteiger partial charge in [-0.3, -0.25) is 4.79 Å². The molecular formula is C14H21NO6S2. The van der Waals surface area contributed by atoms with Crippen molar-refractivity contribution in [3.8, 4) is 0 Å². The number of sulfonamides is 1. The van der Waals surface area contributed by atoms with Crippen LogP contribution in [0.2, 0.25) is 0 Å². The van der Waals surface area contributed by atoms with E-state index in [1.807, 2.05) is 0 Å². The van der Waals surface area contributed by atoms with Crippen LogP contribution in [0.1, 0.15) is 31.9 Å². The molecule has 1 atom stereocenters. The molecule has 0 aliphatic rings. The first-order chi connectivity index (χ1) is 10.4. The summed E-state index contributed by atoms with van der Waals surface area (Å²) >= 11 is 0. The monoisotopic (exact) mass is 363 g/mol. The van der Waals surface area contributed by atoms with Crippen LogP contribution in [0, 0.1) is 0 Å². The van der Waals surface area contributed by atoms with E-state index in [9.17, 15) is 26.7 Å². The van der Waals surface area contributed by atoms with Gasteiger partial charge in [0.05, 0.1) is 10.5 Å². The second kappa shape index (κ2) is 6.98. The van der Waals surface area contributed by atoms with E-state index in [-0.39, 0.29) is 6.42 Å². The van der Waals surface area contributed by atoms with Gasteiger partial charge in [-0.2, -0.15) is 4.72 Å². The molecule has 1 aromatic rings. The van der Waals surface area contributed by atoms with Crippen LogP contribution in [-0.2, 0) is 24.7 Å². The molecule has 2 N–H and O–H groups in total. The van der Waals surface area contributed by atoms with Gasteiger partial charge in [-0.15, -0.1) is 0 Å². The lowest BCUT2D eigenvalue weighted by Gasteiger charge is -2.23. The zero-order valence-corrected chi connectivity index (χ0v) is 14.8. The normalized spacial score (nSPS) is 14.4. The SMILES string of the molecule is CC(C)(CCS(=O)(=O)N[C@@H](C(=O)O)c1ccccc1)S(C)(=O)=O. The minimum Gasteiger partial charge on any atom is -0.480 e. The van der Waals surface area contributed by atoms with Crippen molar-refractivity contribution in [2.45, 2.75) is 31.1 Å². The van der Waals surface area contributed by atoms with Crippen molar-refractivity contribution in [1.82, 2.24) is 4.72 Å². The van der Waals surface area contributed by atoms with Crippen molar-refractivity contribution in [2.75, 3.05) is 12.0 Å². The quantitative estimate of drug-likeness (QED) is 0.710. The number of sulfone groups is 1. The number of carbonyl (C=O) groups is 1. The Morgan fingerprint density at radius 1 is 1.17 bits per heavy atom. The zero-order valence-electron chi connectivity index (χ0n) is 13.2. The van der Waals surface area contributed by atoms with Gasteiger partial charge in [-0.1, -0.05) is 30.3 Å². The number of carboxylic acids is 1. The molecule has 0 unspecified atom stereocenters. The standard InChI is InChI=1S/C14H21NO6S2/c1-14(2,22(3,18)19)9-10-23(20,21)15-12(13(16)17)11-7-5-4-6-8-11/h4-8,12,15H,9-10H2,1-3H3,(H,16,17)/t12-/m1/s1. The average molecular weight is 363 g/mol. The van der Waals surface area contributed by atoms with Crippen LogP contribution in [-0.4, -0.2) is 44.7 Å². The summed E-state index contributed by atoms with van der Waals surface area (Å²) in [7, 11) is -7.39. The van der Waals surface area contributed by atoms with Gasteiger partial charge in [-0.25, -0.2) is 16.8 Å². The molecule has 7 nitrogen and oxygen atoms in total. The Labute approximate surface area is 136 Å². The van der Waals surface area contributed by atoms with E-state index in [2.05, 4.69) is 4.72 Å². The van der Waals surface area contributed by atoms with E-state index < -0.39 is 42.4 Å². The van der Waals surface area contributed by atoms with Gasteiger partial charge in [0.1, 0.15) is 6.04 Å². The topological polar surface area (TPSA) is 118 Å². The van der Waals surface area contributed by atoms with E-state index in [0.717, 1.165) is 6.26 Å². The van der Waals surface area contributed by atoms with Crippen molar-refractivity contribution in [2.24, 2.45) is 0 Å². The summed E-state index contributed by atoms with van der Waals surface area (Å²) < 4.78 is 48.4. The maximum Gasteiger partial charge on any atom is 0.326 e. The molecule has 1 rings (SSSR count). The summed E-state index contributed by atoms with van der Waals surface area (Å²) in [6.45, 7) is 2.87. The van der Waals surface area contributed by atoms with E-state index in [1.165, 1.54) is 26.0 Å². The molecule has 0 fully saturated rings. The van der Waals surface area contributed by atoms with E-state index in [4.69, 9.17) is 0 Å². The van der Waals surface area contributed by atoms with Crippen LogP contribution in [0.25, 0.3) is 0 Å². The molecule has 0 heterocycles. The maximum absolute atomic E-state index is 12.1. The highest BCUT2D eigenvalue weighted by Crippen LogP contribution is 2.21. The number of hydrogen-bond acceptors (Lipinski definition) is 5. The predicted molar refractivity (Wildman–Crippen MR) is 87.3 cm³/mol. The largest absolute Gasteiger partial charge is 0.480 e. The lowest BCUT2D eigenvalue weighted by Crippen LogP contribution is -2.39. The summed E-state index contributed by atoms with van der Waals surface area (Å²) in [6.07, 6.45) is 0.902. The van der Waals surface area contributed by atoms with Crippen LogP contribution >= 0.6 is 0 Å². The summed E-state index contributed by atoms with van der Waals surface area (Å²) in [5.74, 6) is -1.81. The van der Waals surface area contributed by atoms with Crippen LogP contribution < -0.4 is 4.72 Å². The smallest absolute Gasteiger partial charge is 0.326 e. The average Bonchev–Trinajstić information content (AvgIpc) is 2.42. The molecule has 0 aliphatic heterocycles. The number of carboxylic acid groups (broad SMARTS) is 1. The molecule has 23 heavy (non-hydrogen) atoms. The first-order valence-corrected chi connectivity index (χ1v) is 10.4. The molecule has 0 aromatic heterocycles. The Hall–Kier alpha value is -1.45.